The molecule has 0 amide bonds. The number of carbonyl (C=O) groups is 1. The molecule has 106 valence electrons. The van der Waals surface area contributed by atoms with Crippen molar-refractivity contribution in [3.8, 4) is 11.5 Å². The zero-order valence-corrected chi connectivity index (χ0v) is 13.4. The van der Waals surface area contributed by atoms with Crippen LogP contribution in [0, 0.1) is 0 Å². The molecule has 0 aliphatic carbocycles. The lowest BCUT2D eigenvalue weighted by Crippen LogP contribution is -2.44. The van der Waals surface area contributed by atoms with Gasteiger partial charge in [-0.2, -0.15) is 0 Å². The van der Waals surface area contributed by atoms with Crippen molar-refractivity contribution in [1.82, 2.24) is 0 Å². The Labute approximate surface area is 115 Å². The largest absolute Gasteiger partial charge is 0.545 e. The zero-order chi connectivity index (χ0) is 14.8. The molecule has 0 fully saturated rings. The van der Waals surface area contributed by atoms with Crippen LogP contribution in [0.25, 0.3) is 0 Å². The molecule has 0 saturated heterocycles. The van der Waals surface area contributed by atoms with Crippen molar-refractivity contribution in [2.75, 3.05) is 7.11 Å². The molecular formula is C14H21O4Si-. The first-order valence-corrected chi connectivity index (χ1v) is 9.08. The third-order valence-electron chi connectivity index (χ3n) is 3.57. The Balaban J connectivity index is 3.18. The van der Waals surface area contributed by atoms with Crippen molar-refractivity contribution in [3.05, 3.63) is 23.8 Å². The minimum Gasteiger partial charge on any atom is -0.545 e. The highest BCUT2D eigenvalue weighted by molar-refractivity contribution is 6.74. The third kappa shape index (κ3) is 3.50. The zero-order valence-electron chi connectivity index (χ0n) is 12.4. The molecule has 0 heterocycles. The quantitative estimate of drug-likeness (QED) is 0.795. The predicted molar refractivity (Wildman–Crippen MR) is 75.1 cm³/mol. The maximum atomic E-state index is 10.9. The summed E-state index contributed by atoms with van der Waals surface area (Å²) in [5.74, 6) is -0.214. The molecule has 0 radical (unpaired) electrons. The number of carbonyl (C=O) groups excluding carboxylic acids is 1. The smallest absolute Gasteiger partial charge is 0.250 e. The summed E-state index contributed by atoms with van der Waals surface area (Å²) in [6, 6.07) is 4.51. The highest BCUT2D eigenvalue weighted by Crippen LogP contribution is 2.40. The molecular weight excluding hydrogens is 260 g/mol. The molecule has 5 heteroatoms. The number of ether oxygens (including phenoxy) is 1. The molecule has 0 aliphatic rings. The van der Waals surface area contributed by atoms with Gasteiger partial charge in [-0.25, -0.2) is 0 Å². The van der Waals surface area contributed by atoms with E-state index in [4.69, 9.17) is 9.16 Å². The van der Waals surface area contributed by atoms with Gasteiger partial charge in [-0.15, -0.1) is 0 Å². The minimum absolute atomic E-state index is 0.0233. The van der Waals surface area contributed by atoms with E-state index in [1.807, 2.05) is 0 Å². The lowest BCUT2D eigenvalue weighted by Gasteiger charge is -2.36. The standard InChI is InChI=1S/C14H22O4Si/c1-14(2,3)19(5,6)18-12-9-10(13(15)16)7-8-11(12)17-4/h7-9H,1-6H3,(H,15,16)/p-1. The summed E-state index contributed by atoms with van der Waals surface area (Å²) in [5, 5.41) is 10.9. The van der Waals surface area contributed by atoms with Crippen LogP contribution < -0.4 is 14.3 Å². The Morgan fingerprint density at radius 3 is 2.21 bits per heavy atom. The molecule has 19 heavy (non-hydrogen) atoms. The fourth-order valence-electron chi connectivity index (χ4n) is 1.31. The van der Waals surface area contributed by atoms with Gasteiger partial charge in [0.25, 0.3) is 8.32 Å². The highest BCUT2D eigenvalue weighted by Gasteiger charge is 2.39. The summed E-state index contributed by atoms with van der Waals surface area (Å²) in [6.07, 6.45) is 0. The summed E-state index contributed by atoms with van der Waals surface area (Å²) < 4.78 is 11.3. The number of hydrogen-bond acceptors (Lipinski definition) is 4. The van der Waals surface area contributed by atoms with Crippen molar-refractivity contribution in [2.45, 2.75) is 38.9 Å². The molecule has 0 bridgehead atoms. The van der Waals surface area contributed by atoms with Gasteiger partial charge in [0.1, 0.15) is 5.75 Å². The number of rotatable bonds is 4. The van der Waals surface area contributed by atoms with Gasteiger partial charge in [-0.05, 0) is 36.3 Å². The second kappa shape index (κ2) is 5.25. The molecule has 1 rings (SSSR count). The van der Waals surface area contributed by atoms with E-state index >= 15 is 0 Å². The third-order valence-corrected chi connectivity index (χ3v) is 7.91. The SMILES string of the molecule is COc1ccc(C(=O)[O-])cc1O[Si](C)(C)C(C)(C)C. The highest BCUT2D eigenvalue weighted by atomic mass is 28.4. The minimum atomic E-state index is -2.04. The molecule has 0 atom stereocenters. The second-order valence-corrected chi connectivity index (χ2v) is 10.7. The first-order chi connectivity index (χ1) is 8.58. The number of carboxylic acids is 1. The predicted octanol–water partition coefficient (Wildman–Crippen LogP) is 2.44. The number of methoxy groups -OCH3 is 1. The van der Waals surface area contributed by atoms with E-state index in [0.717, 1.165) is 0 Å². The van der Waals surface area contributed by atoms with Gasteiger partial charge in [0.05, 0.1) is 13.1 Å². The summed E-state index contributed by atoms with van der Waals surface area (Å²) >= 11 is 0. The first kappa shape index (κ1) is 15.6. The van der Waals surface area contributed by atoms with Gasteiger partial charge in [0, 0.05) is 5.56 Å². The van der Waals surface area contributed by atoms with E-state index in [0.29, 0.717) is 11.5 Å². The van der Waals surface area contributed by atoms with Crippen molar-refractivity contribution in [2.24, 2.45) is 0 Å². The Hall–Kier alpha value is -1.49. The van der Waals surface area contributed by atoms with Gasteiger partial charge < -0.3 is 19.1 Å². The molecule has 0 aromatic heterocycles. The molecule has 0 aliphatic heterocycles. The molecule has 0 N–H and O–H groups in total. The van der Waals surface area contributed by atoms with Crippen LogP contribution in [0.15, 0.2) is 18.2 Å². The maximum absolute atomic E-state index is 10.9. The molecule has 1 aromatic rings. The Bertz CT molecular complexity index is 475. The normalized spacial score (nSPS) is 12.1. The Morgan fingerprint density at radius 2 is 1.79 bits per heavy atom. The molecule has 0 saturated carbocycles. The van der Waals surface area contributed by atoms with E-state index in [1.54, 1.807) is 6.07 Å². The molecule has 1 aromatic carbocycles. The van der Waals surface area contributed by atoms with Crippen LogP contribution >= 0.6 is 0 Å². The van der Waals surface area contributed by atoms with Crippen molar-refractivity contribution in [1.29, 1.82) is 0 Å². The lowest BCUT2D eigenvalue weighted by molar-refractivity contribution is -0.255. The first-order valence-electron chi connectivity index (χ1n) is 6.17. The monoisotopic (exact) mass is 281 g/mol. The summed E-state index contributed by atoms with van der Waals surface area (Å²) in [5.41, 5.74) is 0.0921. The fraction of sp³-hybridized carbons (Fsp3) is 0.500. The van der Waals surface area contributed by atoms with E-state index in [-0.39, 0.29) is 10.6 Å². The lowest BCUT2D eigenvalue weighted by atomic mass is 10.2. The maximum Gasteiger partial charge on any atom is 0.250 e. The number of carboxylic acid groups (broad SMARTS) is 1. The van der Waals surface area contributed by atoms with Gasteiger partial charge in [-0.1, -0.05) is 20.8 Å². The topological polar surface area (TPSA) is 58.6 Å². The van der Waals surface area contributed by atoms with Gasteiger partial charge in [0.2, 0.25) is 0 Å². The van der Waals surface area contributed by atoms with Crippen LogP contribution in [0.4, 0.5) is 0 Å². The van der Waals surface area contributed by atoms with Crippen molar-refractivity contribution >= 4 is 14.3 Å². The van der Waals surface area contributed by atoms with Crippen molar-refractivity contribution < 1.29 is 19.1 Å². The van der Waals surface area contributed by atoms with Crippen LogP contribution in [0.1, 0.15) is 31.1 Å². The second-order valence-electron chi connectivity index (χ2n) is 6.02. The van der Waals surface area contributed by atoms with E-state index in [2.05, 4.69) is 33.9 Å². The van der Waals surface area contributed by atoms with E-state index in [9.17, 15) is 9.90 Å². The average molecular weight is 281 g/mol. The summed E-state index contributed by atoms with van der Waals surface area (Å²) in [7, 11) is -0.510. The van der Waals surface area contributed by atoms with Crippen LogP contribution in [0.2, 0.25) is 18.1 Å². The van der Waals surface area contributed by atoms with Crippen LogP contribution in [0.3, 0.4) is 0 Å². The Kier molecular flexibility index (Phi) is 4.30. The van der Waals surface area contributed by atoms with Gasteiger partial charge in [0.15, 0.2) is 5.75 Å². The van der Waals surface area contributed by atoms with Gasteiger partial charge >= 0.3 is 0 Å². The molecule has 4 nitrogen and oxygen atoms in total. The van der Waals surface area contributed by atoms with Crippen LogP contribution in [-0.2, 0) is 0 Å². The van der Waals surface area contributed by atoms with Crippen LogP contribution in [-0.4, -0.2) is 21.4 Å². The van der Waals surface area contributed by atoms with Crippen LogP contribution in [0.5, 0.6) is 11.5 Å². The number of benzene rings is 1. The molecule has 0 spiro atoms. The molecule has 0 unspecified atom stereocenters. The number of hydrogen-bond donors (Lipinski definition) is 0. The average Bonchev–Trinajstić information content (AvgIpc) is 2.26. The van der Waals surface area contributed by atoms with Gasteiger partial charge in [-0.3, -0.25) is 0 Å². The van der Waals surface area contributed by atoms with Crippen molar-refractivity contribution in [3.63, 3.8) is 0 Å². The van der Waals surface area contributed by atoms with E-state index < -0.39 is 14.3 Å². The Morgan fingerprint density at radius 1 is 1.21 bits per heavy atom. The fourth-order valence-corrected chi connectivity index (χ4v) is 2.33. The summed E-state index contributed by atoms with van der Waals surface area (Å²) in [6.45, 7) is 10.5. The number of aromatic carboxylic acids is 1. The van der Waals surface area contributed by atoms with E-state index in [1.165, 1.54) is 19.2 Å². The summed E-state index contributed by atoms with van der Waals surface area (Å²) in [4.78, 5) is 10.9.